The zero-order valence-electron chi connectivity index (χ0n) is 10.8. The van der Waals surface area contributed by atoms with Crippen LogP contribution in [0, 0.1) is 5.82 Å². The molecule has 0 aromatic heterocycles. The van der Waals surface area contributed by atoms with Crippen molar-refractivity contribution in [1.82, 2.24) is 0 Å². The summed E-state index contributed by atoms with van der Waals surface area (Å²) >= 11 is 5.86. The molecule has 6 heteroatoms. The molecule has 0 amide bonds. The van der Waals surface area contributed by atoms with Gasteiger partial charge in [0.25, 0.3) is 0 Å². The molecule has 0 fully saturated rings. The highest BCUT2D eigenvalue weighted by molar-refractivity contribution is 7.91. The van der Waals surface area contributed by atoms with Gasteiger partial charge in [-0.15, -0.1) is 0 Å². The maximum absolute atomic E-state index is 12.8. The molecular formula is C13H18ClFO3S. The summed E-state index contributed by atoms with van der Waals surface area (Å²) in [4.78, 5) is 0. The van der Waals surface area contributed by atoms with E-state index < -0.39 is 21.8 Å². The predicted octanol–water partition coefficient (Wildman–Crippen LogP) is 2.60. The van der Waals surface area contributed by atoms with E-state index in [1.165, 1.54) is 18.2 Å². The molecule has 0 aliphatic rings. The monoisotopic (exact) mass is 308 g/mol. The third-order valence-corrected chi connectivity index (χ3v) is 5.05. The molecule has 0 saturated carbocycles. The lowest BCUT2D eigenvalue weighted by atomic mass is 10.0. The lowest BCUT2D eigenvalue weighted by Gasteiger charge is -2.11. The summed E-state index contributed by atoms with van der Waals surface area (Å²) in [5, 5.41) is 10.1. The fourth-order valence-corrected chi connectivity index (χ4v) is 2.87. The summed E-state index contributed by atoms with van der Waals surface area (Å²) in [7, 11) is -2.99. The maximum Gasteiger partial charge on any atom is 0.150 e. The van der Waals surface area contributed by atoms with E-state index in [0.29, 0.717) is 24.8 Å². The van der Waals surface area contributed by atoms with Crippen LogP contribution in [0.4, 0.5) is 4.39 Å². The van der Waals surface area contributed by atoms with E-state index in [2.05, 4.69) is 0 Å². The van der Waals surface area contributed by atoms with Crippen molar-refractivity contribution < 1.29 is 17.9 Å². The fraction of sp³-hybridized carbons (Fsp3) is 0.538. The van der Waals surface area contributed by atoms with Crippen LogP contribution in [0.2, 0.25) is 5.02 Å². The first kappa shape index (κ1) is 16.4. The Hall–Kier alpha value is -0.650. The van der Waals surface area contributed by atoms with Gasteiger partial charge in [-0.1, -0.05) is 24.6 Å². The van der Waals surface area contributed by atoms with Crippen LogP contribution in [0.5, 0.6) is 0 Å². The van der Waals surface area contributed by atoms with Crippen LogP contribution in [-0.2, 0) is 16.3 Å². The van der Waals surface area contributed by atoms with Crippen molar-refractivity contribution in [2.75, 3.05) is 11.5 Å². The summed E-state index contributed by atoms with van der Waals surface area (Å²) in [6.07, 6.45) is 0.420. The van der Waals surface area contributed by atoms with Gasteiger partial charge in [-0.25, -0.2) is 12.8 Å². The van der Waals surface area contributed by atoms with Gasteiger partial charge in [0.05, 0.1) is 11.9 Å². The Labute approximate surface area is 118 Å². The van der Waals surface area contributed by atoms with Gasteiger partial charge in [-0.05, 0) is 37.0 Å². The fourth-order valence-electron chi connectivity index (χ4n) is 1.73. The number of rotatable bonds is 7. The van der Waals surface area contributed by atoms with E-state index in [1.807, 2.05) is 0 Å². The first-order chi connectivity index (χ1) is 8.84. The van der Waals surface area contributed by atoms with Crippen molar-refractivity contribution in [2.24, 2.45) is 0 Å². The highest BCUT2D eigenvalue weighted by Gasteiger charge is 2.12. The smallest absolute Gasteiger partial charge is 0.150 e. The van der Waals surface area contributed by atoms with Gasteiger partial charge in [0.15, 0.2) is 0 Å². The largest absolute Gasteiger partial charge is 0.393 e. The number of hydrogen-bond acceptors (Lipinski definition) is 3. The summed E-state index contributed by atoms with van der Waals surface area (Å²) in [5.41, 5.74) is 0.661. The Kier molecular flexibility index (Phi) is 6.23. The zero-order chi connectivity index (χ0) is 14.5. The highest BCUT2D eigenvalue weighted by atomic mass is 35.5. The Balaban J connectivity index is 2.45. The molecule has 0 heterocycles. The zero-order valence-corrected chi connectivity index (χ0v) is 12.3. The molecule has 0 aliphatic heterocycles. The van der Waals surface area contributed by atoms with E-state index in [9.17, 15) is 17.9 Å². The Morgan fingerprint density at radius 2 is 2.11 bits per heavy atom. The molecule has 1 unspecified atom stereocenters. The maximum atomic E-state index is 12.8. The topological polar surface area (TPSA) is 54.4 Å². The summed E-state index contributed by atoms with van der Waals surface area (Å²) in [6, 6.07) is 4.02. The summed E-state index contributed by atoms with van der Waals surface area (Å²) in [6.45, 7) is 1.60. The number of aliphatic hydroxyl groups excluding tert-OH is 1. The second-order valence-corrected chi connectivity index (χ2v) is 7.35. The SMILES string of the molecule is CCS(=O)(=O)CCCC(O)Cc1ccc(F)cc1Cl. The Bertz CT molecular complexity index is 517. The van der Waals surface area contributed by atoms with Gasteiger partial charge in [-0.3, -0.25) is 0 Å². The standard InChI is InChI=1S/C13H18ClFO3S/c1-2-19(17,18)7-3-4-12(16)8-10-5-6-11(15)9-13(10)14/h5-6,9,12,16H,2-4,7-8H2,1H3. The van der Waals surface area contributed by atoms with Gasteiger partial charge < -0.3 is 5.11 Å². The highest BCUT2D eigenvalue weighted by Crippen LogP contribution is 2.20. The molecule has 19 heavy (non-hydrogen) atoms. The first-order valence-corrected chi connectivity index (χ1v) is 8.36. The first-order valence-electron chi connectivity index (χ1n) is 6.16. The van der Waals surface area contributed by atoms with Crippen molar-refractivity contribution >= 4 is 21.4 Å². The van der Waals surface area contributed by atoms with Gasteiger partial charge in [0.2, 0.25) is 0 Å². The van der Waals surface area contributed by atoms with Gasteiger partial charge in [0, 0.05) is 10.8 Å². The lowest BCUT2D eigenvalue weighted by molar-refractivity contribution is 0.164. The van der Waals surface area contributed by atoms with Crippen LogP contribution >= 0.6 is 11.6 Å². The lowest BCUT2D eigenvalue weighted by Crippen LogP contribution is -2.15. The molecule has 0 saturated heterocycles. The van der Waals surface area contributed by atoms with Crippen molar-refractivity contribution in [3.05, 3.63) is 34.6 Å². The molecule has 1 atom stereocenters. The minimum absolute atomic E-state index is 0.0811. The predicted molar refractivity (Wildman–Crippen MR) is 74.7 cm³/mol. The van der Waals surface area contributed by atoms with Crippen molar-refractivity contribution in [3.63, 3.8) is 0 Å². The van der Waals surface area contributed by atoms with Crippen LogP contribution in [0.1, 0.15) is 25.3 Å². The summed E-state index contributed by atoms with van der Waals surface area (Å²) < 4.78 is 35.4. The molecule has 0 aliphatic carbocycles. The Morgan fingerprint density at radius 1 is 1.42 bits per heavy atom. The molecule has 0 bridgehead atoms. The molecule has 1 aromatic carbocycles. The summed E-state index contributed by atoms with van der Waals surface area (Å²) in [5.74, 6) is -0.220. The third-order valence-electron chi connectivity index (χ3n) is 2.90. The second-order valence-electron chi connectivity index (χ2n) is 4.47. The molecule has 1 N–H and O–H groups in total. The van der Waals surface area contributed by atoms with E-state index in [4.69, 9.17) is 11.6 Å². The quantitative estimate of drug-likeness (QED) is 0.842. The van der Waals surface area contributed by atoms with E-state index in [-0.39, 0.29) is 16.5 Å². The average molecular weight is 309 g/mol. The van der Waals surface area contributed by atoms with E-state index in [0.717, 1.165) is 0 Å². The minimum atomic E-state index is -2.99. The number of benzene rings is 1. The van der Waals surface area contributed by atoms with Crippen LogP contribution in [0.3, 0.4) is 0 Å². The van der Waals surface area contributed by atoms with Crippen LogP contribution in [0.25, 0.3) is 0 Å². The average Bonchev–Trinajstić information content (AvgIpc) is 2.32. The number of halogens is 2. The molecule has 1 rings (SSSR count). The van der Waals surface area contributed by atoms with Gasteiger partial charge in [-0.2, -0.15) is 0 Å². The van der Waals surface area contributed by atoms with Crippen LogP contribution < -0.4 is 0 Å². The van der Waals surface area contributed by atoms with Gasteiger partial charge in [0.1, 0.15) is 15.7 Å². The molecule has 1 aromatic rings. The van der Waals surface area contributed by atoms with Crippen LogP contribution in [0.15, 0.2) is 18.2 Å². The molecular weight excluding hydrogens is 291 g/mol. The molecule has 3 nitrogen and oxygen atoms in total. The van der Waals surface area contributed by atoms with E-state index in [1.54, 1.807) is 6.92 Å². The van der Waals surface area contributed by atoms with Gasteiger partial charge >= 0.3 is 0 Å². The Morgan fingerprint density at radius 3 is 2.68 bits per heavy atom. The van der Waals surface area contributed by atoms with Crippen molar-refractivity contribution in [1.29, 1.82) is 0 Å². The number of aliphatic hydroxyl groups is 1. The molecule has 108 valence electrons. The molecule has 0 spiro atoms. The number of hydrogen-bond donors (Lipinski definition) is 1. The number of sulfone groups is 1. The van der Waals surface area contributed by atoms with Crippen molar-refractivity contribution in [3.8, 4) is 0 Å². The third kappa shape index (κ3) is 5.89. The molecule has 0 radical (unpaired) electrons. The normalized spacial score (nSPS) is 13.5. The second kappa shape index (κ2) is 7.22. The minimum Gasteiger partial charge on any atom is -0.393 e. The van der Waals surface area contributed by atoms with Crippen LogP contribution in [-0.4, -0.2) is 31.1 Å². The van der Waals surface area contributed by atoms with Crippen molar-refractivity contribution in [2.45, 2.75) is 32.3 Å². The van der Waals surface area contributed by atoms with E-state index >= 15 is 0 Å².